The molecule has 0 bridgehead atoms. The Morgan fingerprint density at radius 2 is 1.41 bits per heavy atom. The second-order valence-corrected chi connectivity index (χ2v) is 13.1. The number of nitrogens with one attached hydrogen (secondary N) is 2. The predicted octanol–water partition coefficient (Wildman–Crippen LogP) is 7.88. The maximum atomic E-state index is 13.7. The summed E-state index contributed by atoms with van der Waals surface area (Å²) in [4.78, 5) is 26.4. The Hall–Kier alpha value is -5.88. The number of benzene rings is 5. The second kappa shape index (κ2) is 14.9. The van der Waals surface area contributed by atoms with Crippen LogP contribution in [-0.2, 0) is 14.6 Å². The standard InChI is InChI=1S/C37H33FN2O8S/c1-4-35(49(44,45)30-18-16-27(17-19-30)47-29-7-5-6-23(2)20-29)37(43)40-32-21-33(41)31(39-36(42)24-8-10-25(38)11-9-24)22-34(32)48-28-14-12-26(46-3)13-15-28/h5-22,35,41H,4H2,1-3H3,(H,39,42)(H,40,43). The number of phenolic OH excluding ortho intramolecular Hbond substituents is 1. The first-order valence-electron chi connectivity index (χ1n) is 15.1. The van der Waals surface area contributed by atoms with Crippen LogP contribution in [0.1, 0.15) is 29.3 Å². The summed E-state index contributed by atoms with van der Waals surface area (Å²) in [5.41, 5.74) is 0.988. The zero-order valence-electron chi connectivity index (χ0n) is 26.8. The maximum absolute atomic E-state index is 13.7. The highest BCUT2D eigenvalue weighted by Crippen LogP contribution is 2.39. The summed E-state index contributed by atoms with van der Waals surface area (Å²) in [5.74, 6) is -0.618. The quantitative estimate of drug-likeness (QED) is 0.113. The van der Waals surface area contributed by atoms with E-state index in [9.17, 15) is 27.5 Å². The summed E-state index contributed by atoms with van der Waals surface area (Å²) >= 11 is 0. The number of rotatable bonds is 12. The third kappa shape index (κ3) is 8.35. The zero-order chi connectivity index (χ0) is 35.1. The van der Waals surface area contributed by atoms with Gasteiger partial charge in [-0.15, -0.1) is 0 Å². The van der Waals surface area contributed by atoms with Crippen molar-refractivity contribution in [2.45, 2.75) is 30.4 Å². The summed E-state index contributed by atoms with van der Waals surface area (Å²) in [5, 5.41) is 14.5. The SMILES string of the molecule is CCC(C(=O)Nc1cc(O)c(NC(=O)c2ccc(F)cc2)cc1Oc1ccc(OC)cc1)S(=O)(=O)c1ccc(Oc2cccc(C)c2)cc1. The summed E-state index contributed by atoms with van der Waals surface area (Å²) in [7, 11) is -2.68. The molecule has 1 unspecified atom stereocenters. The number of amides is 2. The van der Waals surface area contributed by atoms with Crippen LogP contribution in [0.5, 0.6) is 34.5 Å². The zero-order valence-corrected chi connectivity index (χ0v) is 27.6. The van der Waals surface area contributed by atoms with Crippen molar-refractivity contribution in [3.05, 3.63) is 126 Å². The van der Waals surface area contributed by atoms with Crippen LogP contribution >= 0.6 is 0 Å². The number of halogens is 1. The normalized spacial score (nSPS) is 11.7. The minimum Gasteiger partial charge on any atom is -0.506 e. The smallest absolute Gasteiger partial charge is 0.255 e. The number of phenols is 1. The lowest BCUT2D eigenvalue weighted by molar-refractivity contribution is -0.115. The van der Waals surface area contributed by atoms with E-state index >= 15 is 0 Å². The fraction of sp³-hybridized carbons (Fsp3) is 0.135. The Balaban J connectivity index is 1.41. The number of sulfone groups is 1. The summed E-state index contributed by atoms with van der Waals surface area (Å²) in [6.45, 7) is 3.49. The van der Waals surface area contributed by atoms with Crippen LogP contribution in [0, 0.1) is 12.7 Å². The lowest BCUT2D eigenvalue weighted by Gasteiger charge is -2.19. The number of ether oxygens (including phenoxy) is 3. The first kappa shape index (κ1) is 34.5. The molecule has 0 aliphatic heterocycles. The van der Waals surface area contributed by atoms with E-state index < -0.39 is 38.5 Å². The molecular formula is C37H33FN2O8S. The van der Waals surface area contributed by atoms with Crippen LogP contribution < -0.4 is 24.8 Å². The molecule has 3 N–H and O–H groups in total. The number of carbonyl (C=O) groups is 2. The Labute approximate surface area is 283 Å². The van der Waals surface area contributed by atoms with E-state index in [0.717, 1.165) is 23.8 Å². The molecule has 0 aromatic heterocycles. The monoisotopic (exact) mass is 684 g/mol. The van der Waals surface area contributed by atoms with Gasteiger partial charge in [0.1, 0.15) is 39.8 Å². The summed E-state index contributed by atoms with van der Waals surface area (Å²) < 4.78 is 57.8. The van der Waals surface area contributed by atoms with Gasteiger partial charge in [0.2, 0.25) is 5.91 Å². The highest BCUT2D eigenvalue weighted by atomic mass is 32.2. The van der Waals surface area contributed by atoms with Gasteiger partial charge in [0.05, 0.1) is 23.4 Å². The molecule has 0 radical (unpaired) electrons. The topological polar surface area (TPSA) is 140 Å². The number of hydrogen-bond acceptors (Lipinski definition) is 8. The highest BCUT2D eigenvalue weighted by Gasteiger charge is 2.33. The predicted molar refractivity (Wildman–Crippen MR) is 183 cm³/mol. The molecule has 5 aromatic carbocycles. The second-order valence-electron chi connectivity index (χ2n) is 10.9. The van der Waals surface area contributed by atoms with Crippen molar-refractivity contribution < 1.29 is 41.7 Å². The van der Waals surface area contributed by atoms with Crippen LogP contribution in [-0.4, -0.2) is 37.7 Å². The van der Waals surface area contributed by atoms with Crippen molar-refractivity contribution in [2.24, 2.45) is 0 Å². The van der Waals surface area contributed by atoms with Crippen LogP contribution in [0.25, 0.3) is 0 Å². The molecule has 5 rings (SSSR count). The van der Waals surface area contributed by atoms with Gasteiger partial charge in [0.25, 0.3) is 5.91 Å². The lowest BCUT2D eigenvalue weighted by Crippen LogP contribution is -2.34. The maximum Gasteiger partial charge on any atom is 0.255 e. The molecule has 0 aliphatic rings. The molecule has 0 saturated heterocycles. The molecule has 10 nitrogen and oxygen atoms in total. The number of aromatic hydroxyl groups is 1. The van der Waals surface area contributed by atoms with Gasteiger partial charge in [0.15, 0.2) is 15.6 Å². The molecule has 0 spiro atoms. The van der Waals surface area contributed by atoms with Crippen LogP contribution in [0.3, 0.4) is 0 Å². The molecule has 1 atom stereocenters. The van der Waals surface area contributed by atoms with Crippen molar-refractivity contribution in [3.8, 4) is 34.5 Å². The van der Waals surface area contributed by atoms with Gasteiger partial charge in [-0.05, 0) is 104 Å². The van der Waals surface area contributed by atoms with Gasteiger partial charge in [0, 0.05) is 17.7 Å². The van der Waals surface area contributed by atoms with E-state index in [4.69, 9.17) is 14.2 Å². The summed E-state index contributed by atoms with van der Waals surface area (Å²) in [6, 6.07) is 26.9. The van der Waals surface area contributed by atoms with E-state index in [-0.39, 0.29) is 34.0 Å². The molecule has 12 heteroatoms. The number of methoxy groups -OCH3 is 1. The molecule has 0 saturated carbocycles. The first-order chi connectivity index (χ1) is 23.5. The Kier molecular flexibility index (Phi) is 10.5. The number of hydrogen-bond donors (Lipinski definition) is 3. The number of aryl methyl sites for hydroxylation is 1. The van der Waals surface area contributed by atoms with E-state index in [2.05, 4.69) is 10.6 Å². The molecule has 5 aromatic rings. The van der Waals surface area contributed by atoms with E-state index in [0.29, 0.717) is 23.0 Å². The average Bonchev–Trinajstić information content (AvgIpc) is 3.08. The van der Waals surface area contributed by atoms with Gasteiger partial charge in [-0.2, -0.15) is 0 Å². The van der Waals surface area contributed by atoms with E-state index in [1.807, 2.05) is 25.1 Å². The Morgan fingerprint density at radius 3 is 2.04 bits per heavy atom. The van der Waals surface area contributed by atoms with Crippen molar-refractivity contribution in [2.75, 3.05) is 17.7 Å². The van der Waals surface area contributed by atoms with Crippen molar-refractivity contribution in [1.29, 1.82) is 0 Å². The lowest BCUT2D eigenvalue weighted by atomic mass is 10.2. The molecule has 0 fully saturated rings. The van der Waals surface area contributed by atoms with Crippen molar-refractivity contribution in [3.63, 3.8) is 0 Å². The number of anilines is 2. The van der Waals surface area contributed by atoms with Crippen LogP contribution in [0.2, 0.25) is 0 Å². The third-order valence-corrected chi connectivity index (χ3v) is 9.64. The van der Waals surface area contributed by atoms with Crippen molar-refractivity contribution >= 4 is 33.0 Å². The van der Waals surface area contributed by atoms with Crippen LogP contribution in [0.4, 0.5) is 15.8 Å². The van der Waals surface area contributed by atoms with E-state index in [1.54, 1.807) is 37.3 Å². The van der Waals surface area contributed by atoms with Gasteiger partial charge in [-0.1, -0.05) is 19.1 Å². The van der Waals surface area contributed by atoms with Gasteiger partial charge in [-0.3, -0.25) is 9.59 Å². The van der Waals surface area contributed by atoms with Gasteiger partial charge < -0.3 is 30.0 Å². The molecule has 252 valence electrons. The molecule has 2 amide bonds. The third-order valence-electron chi connectivity index (χ3n) is 7.41. The van der Waals surface area contributed by atoms with E-state index in [1.165, 1.54) is 49.6 Å². The van der Waals surface area contributed by atoms with Crippen LogP contribution in [0.15, 0.2) is 114 Å². The molecule has 49 heavy (non-hydrogen) atoms. The summed E-state index contributed by atoms with van der Waals surface area (Å²) in [6.07, 6.45) is -0.0673. The van der Waals surface area contributed by atoms with Crippen molar-refractivity contribution in [1.82, 2.24) is 0 Å². The van der Waals surface area contributed by atoms with Gasteiger partial charge in [-0.25, -0.2) is 12.8 Å². The molecule has 0 heterocycles. The Morgan fingerprint density at radius 1 is 0.776 bits per heavy atom. The molecular weight excluding hydrogens is 651 g/mol. The fourth-order valence-electron chi connectivity index (χ4n) is 4.85. The molecule has 0 aliphatic carbocycles. The van der Waals surface area contributed by atoms with Gasteiger partial charge >= 0.3 is 0 Å². The fourth-order valence-corrected chi connectivity index (χ4v) is 6.48. The highest BCUT2D eigenvalue weighted by molar-refractivity contribution is 7.92. The minimum atomic E-state index is -4.18. The minimum absolute atomic E-state index is 0.0179. The Bertz CT molecular complexity index is 2070. The average molecular weight is 685 g/mol. The first-order valence-corrected chi connectivity index (χ1v) is 16.7. The largest absolute Gasteiger partial charge is 0.506 e. The number of carbonyl (C=O) groups excluding carboxylic acids is 2.